The van der Waals surface area contributed by atoms with Gasteiger partial charge in [0.2, 0.25) is 5.91 Å². The Kier molecular flexibility index (Phi) is 5.68. The monoisotopic (exact) mass is 424 g/mol. The summed E-state index contributed by atoms with van der Waals surface area (Å²) in [5.41, 5.74) is 0.720. The SMILES string of the molecule is COc1ccccc1-c1nc(C2CCN(C3CCN(CC(F)(F)F)C3=O)CC2)no1. The zero-order valence-corrected chi connectivity index (χ0v) is 16.6. The molecule has 2 aromatic rings. The third-order valence-electron chi connectivity index (χ3n) is 5.75. The zero-order chi connectivity index (χ0) is 21.3. The minimum absolute atomic E-state index is 0.0799. The summed E-state index contributed by atoms with van der Waals surface area (Å²) < 4.78 is 48.6. The molecule has 0 saturated carbocycles. The number of amides is 1. The van der Waals surface area contributed by atoms with Crippen molar-refractivity contribution in [3.8, 4) is 17.2 Å². The van der Waals surface area contributed by atoms with E-state index in [9.17, 15) is 18.0 Å². The lowest BCUT2D eigenvalue weighted by atomic mass is 9.95. The lowest BCUT2D eigenvalue weighted by Crippen LogP contribution is -2.46. The molecule has 2 aliphatic heterocycles. The second-order valence-electron chi connectivity index (χ2n) is 7.65. The van der Waals surface area contributed by atoms with Gasteiger partial charge in [-0.3, -0.25) is 9.69 Å². The molecule has 2 saturated heterocycles. The average molecular weight is 424 g/mol. The molecule has 10 heteroatoms. The number of carbonyl (C=O) groups excluding carboxylic acids is 1. The predicted octanol–water partition coefficient (Wildman–Crippen LogP) is 3.09. The first-order valence-corrected chi connectivity index (χ1v) is 9.92. The molecule has 0 bridgehead atoms. The number of likely N-dealkylation sites (tertiary alicyclic amines) is 2. The fourth-order valence-corrected chi connectivity index (χ4v) is 4.24. The van der Waals surface area contributed by atoms with Gasteiger partial charge in [-0.15, -0.1) is 0 Å². The van der Waals surface area contributed by atoms with E-state index in [1.807, 2.05) is 29.2 Å². The van der Waals surface area contributed by atoms with E-state index >= 15 is 0 Å². The summed E-state index contributed by atoms with van der Waals surface area (Å²) in [6.07, 6.45) is -2.50. The Morgan fingerprint density at radius 1 is 1.17 bits per heavy atom. The number of halogens is 3. The van der Waals surface area contributed by atoms with E-state index in [0.717, 1.165) is 10.5 Å². The quantitative estimate of drug-likeness (QED) is 0.735. The normalized spacial score (nSPS) is 21.4. The van der Waals surface area contributed by atoms with Crippen LogP contribution < -0.4 is 4.74 Å². The molecule has 3 heterocycles. The Hall–Kier alpha value is -2.62. The average Bonchev–Trinajstić information content (AvgIpc) is 3.35. The summed E-state index contributed by atoms with van der Waals surface area (Å²) in [7, 11) is 1.58. The predicted molar refractivity (Wildman–Crippen MR) is 101 cm³/mol. The van der Waals surface area contributed by atoms with E-state index in [2.05, 4.69) is 10.1 Å². The highest BCUT2D eigenvalue weighted by Crippen LogP contribution is 2.33. The molecule has 7 nitrogen and oxygen atoms in total. The number of carbonyl (C=O) groups is 1. The Bertz CT molecular complexity index is 893. The number of ether oxygens (including phenoxy) is 1. The zero-order valence-electron chi connectivity index (χ0n) is 16.6. The number of hydrogen-bond donors (Lipinski definition) is 0. The van der Waals surface area contributed by atoms with E-state index in [0.29, 0.717) is 49.8 Å². The van der Waals surface area contributed by atoms with Gasteiger partial charge < -0.3 is 14.2 Å². The van der Waals surface area contributed by atoms with Crippen LogP contribution in [-0.4, -0.2) is 71.4 Å². The number of para-hydroxylation sites is 1. The summed E-state index contributed by atoms with van der Waals surface area (Å²) in [5, 5.41) is 4.12. The molecule has 1 amide bonds. The molecule has 4 rings (SSSR count). The molecule has 0 spiro atoms. The second kappa shape index (κ2) is 8.25. The van der Waals surface area contributed by atoms with Crippen molar-refractivity contribution in [1.82, 2.24) is 19.9 Å². The van der Waals surface area contributed by atoms with Gasteiger partial charge in [0.15, 0.2) is 5.82 Å². The lowest BCUT2D eigenvalue weighted by molar-refractivity contribution is -0.159. The fourth-order valence-electron chi connectivity index (χ4n) is 4.24. The second-order valence-corrected chi connectivity index (χ2v) is 7.65. The molecular weight excluding hydrogens is 401 g/mol. The molecular formula is C20H23F3N4O3. The highest BCUT2D eigenvalue weighted by molar-refractivity contribution is 5.84. The van der Waals surface area contributed by atoms with Gasteiger partial charge >= 0.3 is 6.18 Å². The Morgan fingerprint density at radius 3 is 2.60 bits per heavy atom. The largest absolute Gasteiger partial charge is 0.496 e. The third kappa shape index (κ3) is 4.28. The van der Waals surface area contributed by atoms with Crippen LogP contribution in [0.15, 0.2) is 28.8 Å². The van der Waals surface area contributed by atoms with Crippen molar-refractivity contribution in [2.45, 2.75) is 37.4 Å². The summed E-state index contributed by atoms with van der Waals surface area (Å²) in [4.78, 5) is 19.8. The molecule has 30 heavy (non-hydrogen) atoms. The van der Waals surface area contributed by atoms with E-state index in [1.165, 1.54) is 0 Å². The first-order valence-electron chi connectivity index (χ1n) is 9.92. The smallest absolute Gasteiger partial charge is 0.406 e. The summed E-state index contributed by atoms with van der Waals surface area (Å²) in [6, 6.07) is 6.91. The van der Waals surface area contributed by atoms with Crippen LogP contribution in [0.3, 0.4) is 0 Å². The van der Waals surface area contributed by atoms with Gasteiger partial charge in [0.25, 0.3) is 5.89 Å². The summed E-state index contributed by atoms with van der Waals surface area (Å²) in [5.74, 6) is 1.29. The van der Waals surface area contributed by atoms with Crippen LogP contribution in [0.2, 0.25) is 0 Å². The molecule has 1 aromatic carbocycles. The van der Waals surface area contributed by atoms with Gasteiger partial charge in [-0.25, -0.2) is 0 Å². The van der Waals surface area contributed by atoms with Gasteiger partial charge in [-0.05, 0) is 44.5 Å². The van der Waals surface area contributed by atoms with Crippen LogP contribution in [0, 0.1) is 0 Å². The Labute approximate surface area is 171 Å². The number of rotatable bonds is 5. The van der Waals surface area contributed by atoms with Gasteiger partial charge in [0.1, 0.15) is 12.3 Å². The molecule has 0 N–H and O–H groups in total. The highest BCUT2D eigenvalue weighted by atomic mass is 19.4. The minimum Gasteiger partial charge on any atom is -0.496 e. The van der Waals surface area contributed by atoms with Crippen molar-refractivity contribution in [3.63, 3.8) is 0 Å². The Morgan fingerprint density at radius 2 is 1.90 bits per heavy atom. The fraction of sp³-hybridized carbons (Fsp3) is 0.550. The van der Waals surface area contributed by atoms with E-state index in [1.54, 1.807) is 7.11 Å². The van der Waals surface area contributed by atoms with Crippen molar-refractivity contribution in [2.75, 3.05) is 33.3 Å². The van der Waals surface area contributed by atoms with Gasteiger partial charge in [-0.1, -0.05) is 17.3 Å². The van der Waals surface area contributed by atoms with Crippen LogP contribution in [0.25, 0.3) is 11.5 Å². The minimum atomic E-state index is -4.37. The van der Waals surface area contributed by atoms with Crippen molar-refractivity contribution in [1.29, 1.82) is 0 Å². The number of alkyl halides is 3. The van der Waals surface area contributed by atoms with Crippen molar-refractivity contribution < 1.29 is 27.2 Å². The molecule has 2 fully saturated rings. The van der Waals surface area contributed by atoms with Crippen LogP contribution in [0.5, 0.6) is 5.75 Å². The standard InChI is InChI=1S/C20H23F3N4O3/c1-29-16-5-3-2-4-14(16)18-24-17(25-30-18)13-6-9-26(10-7-13)15-8-11-27(19(15)28)12-20(21,22)23/h2-5,13,15H,6-12H2,1H3. The molecule has 1 atom stereocenters. The maximum atomic E-state index is 12.6. The number of nitrogens with zero attached hydrogens (tertiary/aromatic N) is 4. The van der Waals surface area contributed by atoms with Crippen LogP contribution >= 0.6 is 0 Å². The summed E-state index contributed by atoms with van der Waals surface area (Å²) in [6.45, 7) is 0.197. The van der Waals surface area contributed by atoms with Crippen LogP contribution in [-0.2, 0) is 4.79 Å². The number of hydrogen-bond acceptors (Lipinski definition) is 6. The number of piperidine rings is 1. The lowest BCUT2D eigenvalue weighted by Gasteiger charge is -2.34. The summed E-state index contributed by atoms with van der Waals surface area (Å²) >= 11 is 0. The molecule has 1 aromatic heterocycles. The van der Waals surface area contributed by atoms with Crippen LogP contribution in [0.4, 0.5) is 13.2 Å². The third-order valence-corrected chi connectivity index (χ3v) is 5.75. The van der Waals surface area contributed by atoms with E-state index in [4.69, 9.17) is 9.26 Å². The number of benzene rings is 1. The first-order chi connectivity index (χ1) is 14.4. The van der Waals surface area contributed by atoms with Crippen molar-refractivity contribution in [3.05, 3.63) is 30.1 Å². The molecule has 0 radical (unpaired) electrons. The van der Waals surface area contributed by atoms with E-state index < -0.39 is 24.7 Å². The highest BCUT2D eigenvalue weighted by Gasteiger charge is 2.42. The maximum absolute atomic E-state index is 12.6. The van der Waals surface area contributed by atoms with Crippen LogP contribution in [0.1, 0.15) is 31.0 Å². The topological polar surface area (TPSA) is 71.7 Å². The molecule has 162 valence electrons. The van der Waals surface area contributed by atoms with Crippen molar-refractivity contribution >= 4 is 5.91 Å². The van der Waals surface area contributed by atoms with Gasteiger partial charge in [0.05, 0.1) is 18.7 Å². The van der Waals surface area contributed by atoms with Gasteiger partial charge in [-0.2, -0.15) is 18.2 Å². The molecule has 1 unspecified atom stereocenters. The van der Waals surface area contributed by atoms with E-state index in [-0.39, 0.29) is 12.5 Å². The number of methoxy groups -OCH3 is 1. The number of aromatic nitrogens is 2. The van der Waals surface area contributed by atoms with Crippen molar-refractivity contribution in [2.24, 2.45) is 0 Å². The molecule has 2 aliphatic rings. The van der Waals surface area contributed by atoms with Gasteiger partial charge in [0, 0.05) is 12.5 Å². The molecule has 0 aliphatic carbocycles. The maximum Gasteiger partial charge on any atom is 0.406 e. The first kappa shape index (κ1) is 20.6. The Balaban J connectivity index is 1.37.